The van der Waals surface area contributed by atoms with Crippen LogP contribution in [0, 0.1) is 13.8 Å². The topological polar surface area (TPSA) is 73.1 Å². The minimum Gasteiger partial charge on any atom is -0.495 e. The highest BCUT2D eigenvalue weighted by Crippen LogP contribution is 2.26. The number of urea groups is 1. The van der Waals surface area contributed by atoms with Crippen molar-refractivity contribution in [3.8, 4) is 17.3 Å². The lowest BCUT2D eigenvalue weighted by molar-refractivity contribution is 0.251. The highest BCUT2D eigenvalue weighted by Gasteiger charge is 2.18. The van der Waals surface area contributed by atoms with Crippen molar-refractivity contribution >= 4 is 11.7 Å². The zero-order valence-electron chi connectivity index (χ0n) is 17.8. The number of carbonyl (C=O) groups is 1. The number of methoxy groups -OCH3 is 1. The van der Waals surface area contributed by atoms with Crippen LogP contribution in [0.5, 0.6) is 5.75 Å². The average Bonchev–Trinajstić information content (AvgIpc) is 3.41. The summed E-state index contributed by atoms with van der Waals surface area (Å²) in [4.78, 5) is 12.6. The molecule has 7 heteroatoms. The Morgan fingerprint density at radius 2 is 1.77 bits per heavy atom. The van der Waals surface area contributed by atoms with Crippen LogP contribution in [0.25, 0.3) is 11.5 Å². The van der Waals surface area contributed by atoms with Gasteiger partial charge in [0.05, 0.1) is 30.7 Å². The zero-order chi connectivity index (χ0) is 21.8. The molecule has 31 heavy (non-hydrogen) atoms. The van der Waals surface area contributed by atoms with Gasteiger partial charge in [-0.1, -0.05) is 24.3 Å². The van der Waals surface area contributed by atoms with Gasteiger partial charge in [0.15, 0.2) is 0 Å². The Balaban J connectivity index is 1.60. The molecule has 2 heterocycles. The molecular weight excluding hydrogens is 390 g/mol. The molecule has 0 aliphatic carbocycles. The molecule has 4 aromatic rings. The van der Waals surface area contributed by atoms with Crippen LogP contribution in [-0.4, -0.2) is 27.5 Å². The minimum atomic E-state index is -0.311. The smallest absolute Gasteiger partial charge is 0.319 e. The minimum absolute atomic E-state index is 0.311. The lowest BCUT2D eigenvalue weighted by Gasteiger charge is -2.13. The summed E-state index contributed by atoms with van der Waals surface area (Å²) < 4.78 is 9.25. The van der Waals surface area contributed by atoms with Crippen molar-refractivity contribution in [1.29, 1.82) is 0 Å². The van der Waals surface area contributed by atoms with E-state index in [1.807, 2.05) is 96.2 Å². The first-order valence-electron chi connectivity index (χ1n) is 10.0. The average molecular weight is 415 g/mol. The van der Waals surface area contributed by atoms with Gasteiger partial charge in [-0.3, -0.25) is 0 Å². The Kier molecular flexibility index (Phi) is 5.75. The molecule has 0 radical (unpaired) electrons. The van der Waals surface area contributed by atoms with E-state index >= 15 is 0 Å². The first kappa shape index (κ1) is 20.3. The fourth-order valence-electron chi connectivity index (χ4n) is 3.50. The van der Waals surface area contributed by atoms with Gasteiger partial charge in [0.2, 0.25) is 0 Å². The van der Waals surface area contributed by atoms with E-state index in [-0.39, 0.29) is 6.03 Å². The molecule has 2 amide bonds. The molecule has 0 fully saturated rings. The van der Waals surface area contributed by atoms with E-state index in [2.05, 4.69) is 10.6 Å². The monoisotopic (exact) mass is 415 g/mol. The molecule has 2 N–H and O–H groups in total. The summed E-state index contributed by atoms with van der Waals surface area (Å²) >= 11 is 0. The first-order chi connectivity index (χ1) is 15.1. The second-order valence-electron chi connectivity index (χ2n) is 7.24. The maximum Gasteiger partial charge on any atom is 0.319 e. The number of aryl methyl sites for hydroxylation is 2. The van der Waals surface area contributed by atoms with Crippen LogP contribution in [0.4, 0.5) is 10.5 Å². The van der Waals surface area contributed by atoms with Gasteiger partial charge in [0.1, 0.15) is 11.6 Å². The third kappa shape index (κ3) is 4.30. The molecule has 0 saturated heterocycles. The van der Waals surface area contributed by atoms with Gasteiger partial charge < -0.3 is 19.9 Å². The first-order valence-corrected chi connectivity index (χ1v) is 10.0. The molecule has 2 aromatic carbocycles. The maximum absolute atomic E-state index is 12.6. The Morgan fingerprint density at radius 3 is 2.48 bits per heavy atom. The summed E-state index contributed by atoms with van der Waals surface area (Å²) in [6.45, 7) is 4.24. The number of benzene rings is 2. The van der Waals surface area contributed by atoms with Gasteiger partial charge in [-0.2, -0.15) is 5.10 Å². The fourth-order valence-corrected chi connectivity index (χ4v) is 3.50. The number of nitrogens with zero attached hydrogens (tertiary/aromatic N) is 3. The molecule has 0 spiro atoms. The van der Waals surface area contributed by atoms with Crippen LogP contribution in [0.1, 0.15) is 16.8 Å². The van der Waals surface area contributed by atoms with E-state index < -0.39 is 0 Å². The SMILES string of the molecule is COc1ccc(C)cc1NC(=O)NCc1c(C)nn(-c2ccccc2)c1-n1cccc1. The molecule has 4 rings (SSSR count). The molecule has 7 nitrogen and oxygen atoms in total. The predicted octanol–water partition coefficient (Wildman–Crippen LogP) is 4.61. The largest absolute Gasteiger partial charge is 0.495 e. The molecule has 0 atom stereocenters. The second-order valence-corrected chi connectivity index (χ2v) is 7.24. The van der Waals surface area contributed by atoms with Gasteiger partial charge in [-0.25, -0.2) is 9.48 Å². The number of carbonyl (C=O) groups excluding carboxylic acids is 1. The van der Waals surface area contributed by atoms with Crippen LogP contribution < -0.4 is 15.4 Å². The zero-order valence-corrected chi connectivity index (χ0v) is 17.8. The number of aromatic nitrogens is 3. The standard InChI is InChI=1S/C24H25N5O2/c1-17-11-12-22(31-3)21(15-17)26-24(30)25-16-20-18(2)27-29(19-9-5-4-6-10-19)23(20)28-13-7-8-14-28/h4-15H,16H2,1-3H3,(H2,25,26,30). The number of nitrogens with one attached hydrogen (secondary N) is 2. The summed E-state index contributed by atoms with van der Waals surface area (Å²) in [7, 11) is 1.58. The normalized spacial score (nSPS) is 10.7. The van der Waals surface area contributed by atoms with Gasteiger partial charge in [0.25, 0.3) is 0 Å². The highest BCUT2D eigenvalue weighted by atomic mass is 16.5. The summed E-state index contributed by atoms with van der Waals surface area (Å²) in [6, 6.07) is 19.2. The Bertz CT molecular complexity index is 1180. The molecule has 2 aromatic heterocycles. The lowest BCUT2D eigenvalue weighted by Crippen LogP contribution is -2.29. The number of hydrogen-bond donors (Lipinski definition) is 2. The Labute approximate surface area is 181 Å². The number of amides is 2. The Morgan fingerprint density at radius 1 is 1.03 bits per heavy atom. The molecule has 0 saturated carbocycles. The summed E-state index contributed by atoms with van der Waals surface area (Å²) in [6.07, 6.45) is 3.94. The molecule has 0 unspecified atom stereocenters. The number of ether oxygens (including phenoxy) is 1. The van der Waals surface area contributed by atoms with Crippen molar-refractivity contribution in [2.45, 2.75) is 20.4 Å². The van der Waals surface area contributed by atoms with Gasteiger partial charge in [-0.05, 0) is 55.8 Å². The number of anilines is 1. The van der Waals surface area contributed by atoms with Crippen LogP contribution in [0.3, 0.4) is 0 Å². The molecule has 0 aliphatic heterocycles. The van der Waals surface area contributed by atoms with E-state index in [9.17, 15) is 4.79 Å². The van der Waals surface area contributed by atoms with Crippen molar-refractivity contribution in [3.63, 3.8) is 0 Å². The molecular formula is C24H25N5O2. The van der Waals surface area contributed by atoms with Gasteiger partial charge >= 0.3 is 6.03 Å². The quantitative estimate of drug-likeness (QED) is 0.483. The van der Waals surface area contributed by atoms with Crippen LogP contribution in [0.15, 0.2) is 73.1 Å². The second kappa shape index (κ2) is 8.79. The summed E-state index contributed by atoms with van der Waals surface area (Å²) in [5, 5.41) is 10.6. The third-order valence-electron chi connectivity index (χ3n) is 5.04. The molecule has 0 bridgehead atoms. The van der Waals surface area contributed by atoms with Crippen LogP contribution >= 0.6 is 0 Å². The Hall–Kier alpha value is -4.00. The number of rotatable bonds is 6. The van der Waals surface area contributed by atoms with E-state index in [0.717, 1.165) is 28.3 Å². The van der Waals surface area contributed by atoms with Crippen molar-refractivity contribution in [3.05, 3.63) is 89.9 Å². The third-order valence-corrected chi connectivity index (χ3v) is 5.04. The molecule has 158 valence electrons. The van der Waals surface area contributed by atoms with Crippen molar-refractivity contribution in [2.75, 3.05) is 12.4 Å². The van der Waals surface area contributed by atoms with Gasteiger partial charge in [-0.15, -0.1) is 0 Å². The van der Waals surface area contributed by atoms with Crippen molar-refractivity contribution < 1.29 is 9.53 Å². The fraction of sp³-hybridized carbons (Fsp3) is 0.167. The summed E-state index contributed by atoms with van der Waals surface area (Å²) in [5.74, 6) is 1.50. The predicted molar refractivity (Wildman–Crippen MR) is 121 cm³/mol. The highest BCUT2D eigenvalue weighted by molar-refractivity contribution is 5.91. The summed E-state index contributed by atoms with van der Waals surface area (Å²) in [5.41, 5.74) is 4.40. The number of para-hydroxylation sites is 1. The van der Waals surface area contributed by atoms with Crippen LogP contribution in [0.2, 0.25) is 0 Å². The van der Waals surface area contributed by atoms with Crippen molar-refractivity contribution in [2.24, 2.45) is 0 Å². The van der Waals surface area contributed by atoms with E-state index in [1.165, 1.54) is 0 Å². The lowest BCUT2D eigenvalue weighted by atomic mass is 10.2. The van der Waals surface area contributed by atoms with Crippen LogP contribution in [-0.2, 0) is 6.54 Å². The van der Waals surface area contributed by atoms with E-state index in [0.29, 0.717) is 18.0 Å². The molecule has 0 aliphatic rings. The van der Waals surface area contributed by atoms with E-state index in [1.54, 1.807) is 7.11 Å². The van der Waals surface area contributed by atoms with Gasteiger partial charge in [0, 0.05) is 18.0 Å². The van der Waals surface area contributed by atoms with Crippen molar-refractivity contribution in [1.82, 2.24) is 19.7 Å². The number of hydrogen-bond acceptors (Lipinski definition) is 3. The maximum atomic E-state index is 12.6. The van der Waals surface area contributed by atoms with E-state index in [4.69, 9.17) is 9.84 Å².